The fraction of sp³-hybridized carbons (Fsp3) is 0.545. The molecular formula is C33H49NO. The Bertz CT molecular complexity index is 760. The van der Waals surface area contributed by atoms with Crippen LogP contribution in [0.25, 0.3) is 0 Å². The fourth-order valence-corrected chi connectivity index (χ4v) is 4.62. The molecule has 2 aromatic rings. The number of unbranched alkanes of at least 4 members (excludes halogenated alkanes) is 10. The number of aryl methyl sites for hydroxylation is 2. The minimum Gasteiger partial charge on any atom is -0.331 e. The van der Waals surface area contributed by atoms with Crippen LogP contribution in [0.3, 0.4) is 0 Å². The standard InChI is InChI=1S/C33H49NO/c1-4-7-9-11-13-15-17-29-19-23-31(24-20-29)27-34(33(35)6-3)28-32-25-21-30(22-26-32)18-16-14-12-10-8-5-2/h6,19-26H,3-5,7-18,27-28H2,1-2H3. The quantitative estimate of drug-likeness (QED) is 0.146. The Balaban J connectivity index is 1.82. The van der Waals surface area contributed by atoms with Gasteiger partial charge in [0, 0.05) is 13.1 Å². The number of carbonyl (C=O) groups excluding carboxylic acids is 1. The van der Waals surface area contributed by atoms with E-state index in [1.165, 1.54) is 105 Å². The zero-order valence-corrected chi connectivity index (χ0v) is 22.6. The number of hydrogen-bond acceptors (Lipinski definition) is 1. The molecule has 0 aliphatic heterocycles. The second-order valence-corrected chi connectivity index (χ2v) is 10.1. The first-order valence-electron chi connectivity index (χ1n) is 14.2. The first kappa shape index (κ1) is 28.9. The van der Waals surface area contributed by atoms with Crippen molar-refractivity contribution >= 4 is 5.91 Å². The van der Waals surface area contributed by atoms with Crippen LogP contribution in [0.1, 0.15) is 113 Å². The van der Waals surface area contributed by atoms with Crippen LogP contribution in [-0.4, -0.2) is 10.8 Å². The lowest BCUT2D eigenvalue weighted by molar-refractivity contribution is -0.127. The molecule has 0 bridgehead atoms. The van der Waals surface area contributed by atoms with Gasteiger partial charge in [0.15, 0.2) is 0 Å². The van der Waals surface area contributed by atoms with E-state index < -0.39 is 0 Å². The Morgan fingerprint density at radius 1 is 0.600 bits per heavy atom. The van der Waals surface area contributed by atoms with Crippen molar-refractivity contribution < 1.29 is 4.79 Å². The SMILES string of the molecule is C=CC(=O)N(Cc1ccc(CCCCCCCC)cc1)Cc1ccc(CCCCCCCC)cc1. The first-order chi connectivity index (χ1) is 17.2. The van der Waals surface area contributed by atoms with Crippen LogP contribution in [-0.2, 0) is 30.7 Å². The minimum absolute atomic E-state index is 0.0164. The summed E-state index contributed by atoms with van der Waals surface area (Å²) in [6.45, 7) is 9.47. The van der Waals surface area contributed by atoms with Gasteiger partial charge in [0.1, 0.15) is 0 Å². The van der Waals surface area contributed by atoms with Crippen molar-refractivity contribution in [3.63, 3.8) is 0 Å². The molecular weight excluding hydrogens is 426 g/mol. The average Bonchev–Trinajstić information content (AvgIpc) is 2.89. The van der Waals surface area contributed by atoms with Crippen LogP contribution in [0.2, 0.25) is 0 Å². The highest BCUT2D eigenvalue weighted by molar-refractivity contribution is 5.86. The van der Waals surface area contributed by atoms with Crippen molar-refractivity contribution in [2.24, 2.45) is 0 Å². The Kier molecular flexibility index (Phi) is 14.8. The summed E-state index contributed by atoms with van der Waals surface area (Å²) in [5.74, 6) is -0.0164. The van der Waals surface area contributed by atoms with E-state index in [0.29, 0.717) is 13.1 Å². The third kappa shape index (κ3) is 12.3. The van der Waals surface area contributed by atoms with Crippen molar-refractivity contribution in [3.8, 4) is 0 Å². The van der Waals surface area contributed by atoms with Gasteiger partial charge in [-0.15, -0.1) is 0 Å². The Morgan fingerprint density at radius 2 is 0.943 bits per heavy atom. The summed E-state index contributed by atoms with van der Waals surface area (Å²) in [7, 11) is 0. The maximum atomic E-state index is 12.6. The molecule has 35 heavy (non-hydrogen) atoms. The van der Waals surface area contributed by atoms with Gasteiger partial charge >= 0.3 is 0 Å². The molecule has 0 heterocycles. The van der Waals surface area contributed by atoms with Crippen LogP contribution >= 0.6 is 0 Å². The van der Waals surface area contributed by atoms with Crippen LogP contribution in [0.4, 0.5) is 0 Å². The lowest BCUT2D eigenvalue weighted by atomic mass is 10.0. The second kappa shape index (κ2) is 18.0. The summed E-state index contributed by atoms with van der Waals surface area (Å²) in [6.07, 6.45) is 19.6. The zero-order valence-electron chi connectivity index (χ0n) is 22.6. The van der Waals surface area contributed by atoms with Gasteiger partial charge in [0.2, 0.25) is 5.91 Å². The van der Waals surface area contributed by atoms with Crippen molar-refractivity contribution in [1.82, 2.24) is 4.90 Å². The molecule has 0 N–H and O–H groups in total. The highest BCUT2D eigenvalue weighted by atomic mass is 16.2. The molecule has 0 aliphatic carbocycles. The molecule has 0 atom stereocenters. The fourth-order valence-electron chi connectivity index (χ4n) is 4.62. The molecule has 1 amide bonds. The van der Waals surface area contributed by atoms with Gasteiger partial charge in [-0.3, -0.25) is 4.79 Å². The topological polar surface area (TPSA) is 20.3 Å². The largest absolute Gasteiger partial charge is 0.331 e. The summed E-state index contributed by atoms with van der Waals surface area (Å²) in [5.41, 5.74) is 5.14. The molecule has 0 spiro atoms. The van der Waals surface area contributed by atoms with Crippen molar-refractivity contribution in [3.05, 3.63) is 83.4 Å². The third-order valence-corrected chi connectivity index (χ3v) is 6.92. The van der Waals surface area contributed by atoms with Gasteiger partial charge < -0.3 is 4.90 Å². The predicted molar refractivity (Wildman–Crippen MR) is 151 cm³/mol. The van der Waals surface area contributed by atoms with Crippen LogP contribution in [0.5, 0.6) is 0 Å². The van der Waals surface area contributed by atoms with Gasteiger partial charge in [-0.05, 0) is 54.0 Å². The Hall–Kier alpha value is -2.35. The summed E-state index contributed by atoms with van der Waals surface area (Å²) in [4.78, 5) is 14.4. The highest BCUT2D eigenvalue weighted by Gasteiger charge is 2.12. The van der Waals surface area contributed by atoms with E-state index in [9.17, 15) is 4.79 Å². The molecule has 2 rings (SSSR count). The second-order valence-electron chi connectivity index (χ2n) is 10.1. The molecule has 0 saturated heterocycles. The average molecular weight is 476 g/mol. The lowest BCUT2D eigenvalue weighted by Gasteiger charge is -2.22. The maximum Gasteiger partial charge on any atom is 0.246 e. The Labute approximate surface area is 215 Å². The summed E-state index contributed by atoms with van der Waals surface area (Å²) in [6, 6.07) is 17.6. The van der Waals surface area contributed by atoms with Crippen LogP contribution in [0.15, 0.2) is 61.2 Å². The summed E-state index contributed by atoms with van der Waals surface area (Å²) >= 11 is 0. The molecule has 0 aliphatic rings. The molecule has 192 valence electrons. The third-order valence-electron chi connectivity index (χ3n) is 6.92. The molecule has 0 unspecified atom stereocenters. The van der Waals surface area contributed by atoms with E-state index in [1.54, 1.807) is 0 Å². The van der Waals surface area contributed by atoms with E-state index >= 15 is 0 Å². The molecule has 0 radical (unpaired) electrons. The molecule has 0 saturated carbocycles. The smallest absolute Gasteiger partial charge is 0.246 e. The Morgan fingerprint density at radius 3 is 1.31 bits per heavy atom. The molecule has 2 nitrogen and oxygen atoms in total. The van der Waals surface area contributed by atoms with Crippen molar-refractivity contribution in [1.29, 1.82) is 0 Å². The minimum atomic E-state index is -0.0164. The van der Waals surface area contributed by atoms with Crippen LogP contribution < -0.4 is 0 Å². The molecule has 0 aromatic heterocycles. The van der Waals surface area contributed by atoms with E-state index in [2.05, 4.69) is 69.0 Å². The van der Waals surface area contributed by atoms with E-state index in [-0.39, 0.29) is 5.91 Å². The zero-order chi connectivity index (χ0) is 25.1. The number of hydrogen-bond donors (Lipinski definition) is 0. The highest BCUT2D eigenvalue weighted by Crippen LogP contribution is 2.16. The van der Waals surface area contributed by atoms with E-state index in [4.69, 9.17) is 0 Å². The van der Waals surface area contributed by atoms with Crippen molar-refractivity contribution in [2.45, 2.75) is 117 Å². The summed E-state index contributed by atoms with van der Waals surface area (Å²) in [5, 5.41) is 0. The van der Waals surface area contributed by atoms with E-state index in [0.717, 1.165) is 12.8 Å². The van der Waals surface area contributed by atoms with Gasteiger partial charge in [0.05, 0.1) is 0 Å². The number of amides is 1. The van der Waals surface area contributed by atoms with Gasteiger partial charge in [-0.25, -0.2) is 0 Å². The molecule has 2 heteroatoms. The van der Waals surface area contributed by atoms with E-state index in [1.807, 2.05) is 4.90 Å². The number of nitrogens with zero attached hydrogens (tertiary/aromatic N) is 1. The normalized spacial score (nSPS) is 10.9. The summed E-state index contributed by atoms with van der Waals surface area (Å²) < 4.78 is 0. The molecule has 0 fully saturated rings. The first-order valence-corrected chi connectivity index (χ1v) is 14.2. The maximum absolute atomic E-state index is 12.6. The van der Waals surface area contributed by atoms with Crippen LogP contribution in [0, 0.1) is 0 Å². The van der Waals surface area contributed by atoms with Crippen molar-refractivity contribution in [2.75, 3.05) is 0 Å². The monoisotopic (exact) mass is 475 g/mol. The number of benzene rings is 2. The number of rotatable bonds is 19. The van der Waals surface area contributed by atoms with Gasteiger partial charge in [0.25, 0.3) is 0 Å². The predicted octanol–water partition coefficient (Wildman–Crippen LogP) is 9.21. The molecule has 2 aromatic carbocycles. The lowest BCUT2D eigenvalue weighted by Crippen LogP contribution is -2.28. The number of carbonyl (C=O) groups is 1. The van der Waals surface area contributed by atoms with Gasteiger partial charge in [-0.1, -0.05) is 133 Å². The van der Waals surface area contributed by atoms with Gasteiger partial charge in [-0.2, -0.15) is 0 Å².